The van der Waals surface area contributed by atoms with Gasteiger partial charge in [0, 0.05) is 6.42 Å². The van der Waals surface area contributed by atoms with Gasteiger partial charge >= 0.3 is 0 Å². The number of carbonyl (C=O) groups is 1. The smallest absolute Gasteiger partial charge is 0.181 e. The maximum atomic E-state index is 11.2. The molecule has 0 N–H and O–H groups in total. The van der Waals surface area contributed by atoms with Crippen molar-refractivity contribution in [3.8, 4) is 0 Å². The molecule has 0 radical (unpaired) electrons. The van der Waals surface area contributed by atoms with Crippen molar-refractivity contribution in [1.82, 2.24) is 0 Å². The average molecular weight is 344 g/mol. The Labute approximate surface area is 136 Å². The quantitative estimate of drug-likeness (QED) is 0.608. The first kappa shape index (κ1) is 19.2. The molecule has 0 aliphatic carbocycles. The van der Waals surface area contributed by atoms with Crippen molar-refractivity contribution < 1.29 is 17.8 Å². The van der Waals surface area contributed by atoms with Gasteiger partial charge in [-0.15, -0.1) is 0 Å². The van der Waals surface area contributed by atoms with Crippen LogP contribution in [-0.2, 0) is 25.8 Å². The molecule has 0 bridgehead atoms. The van der Waals surface area contributed by atoms with Crippen molar-refractivity contribution >= 4 is 26.8 Å². The molecule has 1 aliphatic heterocycles. The summed E-state index contributed by atoms with van der Waals surface area (Å²) in [5.74, 6) is 4.05. The van der Waals surface area contributed by atoms with Gasteiger partial charge in [-0.25, -0.2) is 8.42 Å². The first-order valence-corrected chi connectivity index (χ1v) is 10.7. The lowest BCUT2D eigenvalue weighted by Crippen LogP contribution is -2.17. The van der Waals surface area contributed by atoms with Crippen LogP contribution in [0.25, 0.3) is 0 Å². The molecule has 0 amide bonds. The van der Waals surface area contributed by atoms with E-state index in [2.05, 4.69) is 6.92 Å². The van der Waals surface area contributed by atoms with Crippen LogP contribution in [0.5, 0.6) is 0 Å². The molecule has 22 heavy (non-hydrogen) atoms. The normalized spacial score (nSPS) is 15.2. The van der Waals surface area contributed by atoms with Gasteiger partial charge in [-0.2, -0.15) is 0 Å². The minimum atomic E-state index is -4.27. The number of ketones is 1. The number of benzene rings is 1. The Balaban J connectivity index is 0.000000220. The summed E-state index contributed by atoms with van der Waals surface area (Å²) in [7, 11) is -3.78. The maximum Gasteiger partial charge on any atom is 0.181 e. The van der Waals surface area contributed by atoms with E-state index in [0.717, 1.165) is 24.2 Å². The lowest BCUT2D eigenvalue weighted by molar-refractivity contribution is -0.116. The summed E-state index contributed by atoms with van der Waals surface area (Å²) >= 11 is 0. The van der Waals surface area contributed by atoms with Gasteiger partial charge in [0.2, 0.25) is 0 Å². The van der Waals surface area contributed by atoms with Crippen molar-refractivity contribution in [2.45, 2.75) is 44.4 Å². The first-order chi connectivity index (χ1) is 10.3. The van der Waals surface area contributed by atoms with Crippen molar-refractivity contribution in [3.05, 3.63) is 29.8 Å². The first-order valence-electron chi connectivity index (χ1n) is 7.51. The molecule has 0 unspecified atom stereocenters. The summed E-state index contributed by atoms with van der Waals surface area (Å²) in [6.45, 7) is 3.90. The molecule has 1 aromatic carbocycles. The fraction of sp³-hybridized carbons (Fsp3) is 0.562. The summed E-state index contributed by atoms with van der Waals surface area (Å²) in [6.07, 6.45) is 4.56. The van der Waals surface area contributed by atoms with Gasteiger partial charge in [0.15, 0.2) is 11.5 Å². The van der Waals surface area contributed by atoms with Crippen LogP contribution in [0.4, 0.5) is 0 Å². The Hall–Kier alpha value is -0.850. The molecule has 1 saturated heterocycles. The van der Waals surface area contributed by atoms with Crippen LogP contribution in [-0.4, -0.2) is 36.0 Å². The zero-order valence-electron chi connectivity index (χ0n) is 13.2. The third-order valence-electron chi connectivity index (χ3n) is 3.32. The molecule has 4 nitrogen and oxygen atoms in total. The van der Waals surface area contributed by atoms with Crippen LogP contribution >= 0.6 is 0 Å². The largest absolute Gasteiger partial charge is 0.744 e. The third kappa shape index (κ3) is 7.42. The standard InChI is InChI=1S/C9H17OS.C7H8O3S/c1-2-5-9(10)8-11-6-3-4-7-11;1-6-2-4-7(5-3-6)11(8,9)10/h2-8H2,1H3;2-5H,1H3,(H,8,9,10)/q+1;/p-1. The zero-order valence-corrected chi connectivity index (χ0v) is 14.8. The third-order valence-corrected chi connectivity index (χ3v) is 6.63. The highest BCUT2D eigenvalue weighted by Crippen LogP contribution is 2.14. The van der Waals surface area contributed by atoms with Gasteiger partial charge in [0.25, 0.3) is 0 Å². The van der Waals surface area contributed by atoms with Gasteiger partial charge in [-0.3, -0.25) is 4.79 Å². The molecule has 2 rings (SSSR count). The van der Waals surface area contributed by atoms with Gasteiger partial charge in [-0.05, 0) is 49.2 Å². The Morgan fingerprint density at radius 2 is 1.73 bits per heavy atom. The van der Waals surface area contributed by atoms with E-state index in [4.69, 9.17) is 0 Å². The van der Waals surface area contributed by atoms with E-state index < -0.39 is 10.1 Å². The van der Waals surface area contributed by atoms with Crippen molar-refractivity contribution in [2.24, 2.45) is 0 Å². The van der Waals surface area contributed by atoms with Gasteiger partial charge in [0.05, 0.1) is 4.90 Å². The fourth-order valence-electron chi connectivity index (χ4n) is 2.14. The number of Topliss-reactive ketones (excluding diaryl/α,β-unsaturated/α-hetero) is 1. The molecule has 1 aliphatic rings. The zero-order chi connectivity index (χ0) is 16.6. The number of hydrogen-bond acceptors (Lipinski definition) is 4. The number of carbonyl (C=O) groups excluding carboxylic acids is 1. The molecule has 0 aromatic heterocycles. The van der Waals surface area contributed by atoms with E-state index in [1.165, 1.54) is 36.5 Å². The summed E-state index contributed by atoms with van der Waals surface area (Å²) in [5.41, 5.74) is 0.928. The second-order valence-electron chi connectivity index (χ2n) is 5.43. The van der Waals surface area contributed by atoms with E-state index in [1.54, 1.807) is 12.1 Å². The van der Waals surface area contributed by atoms with Crippen molar-refractivity contribution in [3.63, 3.8) is 0 Å². The monoisotopic (exact) mass is 344 g/mol. The average Bonchev–Trinajstić information content (AvgIpc) is 2.92. The molecular weight excluding hydrogens is 320 g/mol. The lowest BCUT2D eigenvalue weighted by atomic mass is 10.2. The molecule has 0 saturated carbocycles. The minimum Gasteiger partial charge on any atom is -0.744 e. The summed E-state index contributed by atoms with van der Waals surface area (Å²) < 4.78 is 31.2. The topological polar surface area (TPSA) is 74.3 Å². The maximum absolute atomic E-state index is 11.2. The van der Waals surface area contributed by atoms with Crippen molar-refractivity contribution in [2.75, 3.05) is 17.3 Å². The second kappa shape index (κ2) is 9.33. The molecule has 1 aromatic rings. The summed E-state index contributed by atoms with van der Waals surface area (Å²) in [6, 6.07) is 5.78. The van der Waals surface area contributed by atoms with Crippen LogP contribution in [0.2, 0.25) is 0 Å². The molecule has 1 heterocycles. The molecule has 6 heteroatoms. The van der Waals surface area contributed by atoms with E-state index >= 15 is 0 Å². The summed E-state index contributed by atoms with van der Waals surface area (Å²) in [4.78, 5) is 11.0. The number of rotatable bonds is 5. The van der Waals surface area contributed by atoms with E-state index in [-0.39, 0.29) is 4.90 Å². The molecular formula is C16H24O4S2. The predicted molar refractivity (Wildman–Crippen MR) is 90.3 cm³/mol. The number of aryl methyl sites for hydroxylation is 1. The predicted octanol–water partition coefficient (Wildman–Crippen LogP) is 2.67. The van der Waals surface area contributed by atoms with Gasteiger partial charge < -0.3 is 4.55 Å². The molecule has 124 valence electrons. The molecule has 0 atom stereocenters. The second-order valence-corrected chi connectivity index (χ2v) is 9.14. The SMILES string of the molecule is CCCC(=O)C[S+]1CCCC1.Cc1ccc(S(=O)(=O)[O-])cc1. The van der Waals surface area contributed by atoms with Gasteiger partial charge in [0.1, 0.15) is 21.6 Å². The number of hydrogen-bond donors (Lipinski definition) is 0. The summed E-state index contributed by atoms with van der Waals surface area (Å²) in [5, 5.41) is 0. The van der Waals surface area contributed by atoms with E-state index in [0.29, 0.717) is 16.7 Å². The van der Waals surface area contributed by atoms with Gasteiger partial charge in [-0.1, -0.05) is 24.6 Å². The Morgan fingerprint density at radius 3 is 2.18 bits per heavy atom. The minimum absolute atomic E-state index is 0.178. The Morgan fingerprint density at radius 1 is 1.18 bits per heavy atom. The lowest BCUT2D eigenvalue weighted by Gasteiger charge is -2.05. The van der Waals surface area contributed by atoms with Crippen molar-refractivity contribution in [1.29, 1.82) is 0 Å². The molecule has 1 fully saturated rings. The van der Waals surface area contributed by atoms with E-state index in [1.807, 2.05) is 6.92 Å². The fourth-order valence-corrected chi connectivity index (χ4v) is 4.93. The van der Waals surface area contributed by atoms with Crippen LogP contribution in [0.3, 0.4) is 0 Å². The van der Waals surface area contributed by atoms with Crippen LogP contribution in [0.1, 0.15) is 38.2 Å². The Kier molecular flexibility index (Phi) is 8.14. The Bertz CT molecular complexity index is 558. The van der Waals surface area contributed by atoms with Crippen LogP contribution in [0, 0.1) is 6.92 Å². The highest BCUT2D eigenvalue weighted by atomic mass is 32.2. The van der Waals surface area contributed by atoms with Crippen LogP contribution in [0.15, 0.2) is 29.2 Å². The highest BCUT2D eigenvalue weighted by molar-refractivity contribution is 7.97. The highest BCUT2D eigenvalue weighted by Gasteiger charge is 2.26. The van der Waals surface area contributed by atoms with E-state index in [9.17, 15) is 17.8 Å². The molecule has 0 spiro atoms. The van der Waals surface area contributed by atoms with Crippen LogP contribution < -0.4 is 0 Å².